The monoisotopic (exact) mass is 481 g/mol. The van der Waals surface area contributed by atoms with Gasteiger partial charge in [-0.25, -0.2) is 18.6 Å². The Kier molecular flexibility index (Phi) is 6.29. The molecular weight excluding hydrogens is 452 g/mol. The lowest BCUT2D eigenvalue weighted by Crippen LogP contribution is -2.48. The van der Waals surface area contributed by atoms with Gasteiger partial charge in [0.25, 0.3) is 5.91 Å². The number of carbonyl (C=O) groups is 2. The van der Waals surface area contributed by atoms with Gasteiger partial charge in [0.15, 0.2) is 0 Å². The van der Waals surface area contributed by atoms with Crippen LogP contribution in [0.1, 0.15) is 57.7 Å². The minimum absolute atomic E-state index is 0.130. The van der Waals surface area contributed by atoms with Crippen LogP contribution in [0, 0.1) is 17.0 Å². The molecule has 2 bridgehead atoms. The number of nitrogens with zero attached hydrogens (tertiary/aromatic N) is 4. The summed E-state index contributed by atoms with van der Waals surface area (Å²) in [5.74, 6) is -1.44. The van der Waals surface area contributed by atoms with Crippen molar-refractivity contribution in [1.29, 1.82) is 0 Å². The predicted octanol–water partition coefficient (Wildman–Crippen LogP) is 4.74. The van der Waals surface area contributed by atoms with Gasteiger partial charge in [-0.15, -0.1) is 0 Å². The Bertz CT molecular complexity index is 1220. The fourth-order valence-electron chi connectivity index (χ4n) is 5.82. The van der Waals surface area contributed by atoms with Gasteiger partial charge in [-0.2, -0.15) is 10.2 Å². The molecule has 2 aliphatic rings. The summed E-state index contributed by atoms with van der Waals surface area (Å²) < 4.78 is 28.9. The van der Waals surface area contributed by atoms with E-state index in [0.717, 1.165) is 24.1 Å². The summed E-state index contributed by atoms with van der Waals surface area (Å²) in [5.41, 5.74) is 1.38. The van der Waals surface area contributed by atoms with Crippen molar-refractivity contribution in [2.24, 2.45) is 10.4 Å². The molecule has 3 amide bonds. The third kappa shape index (κ3) is 3.83. The van der Waals surface area contributed by atoms with Gasteiger partial charge in [0.1, 0.15) is 11.6 Å². The molecule has 1 aromatic carbocycles. The predicted molar refractivity (Wildman–Crippen MR) is 129 cm³/mol. The van der Waals surface area contributed by atoms with Crippen LogP contribution in [0.15, 0.2) is 41.0 Å². The van der Waals surface area contributed by atoms with Crippen LogP contribution in [-0.2, 0) is 10.2 Å². The van der Waals surface area contributed by atoms with E-state index in [2.05, 4.69) is 41.1 Å². The Hall–Kier alpha value is -3.49. The summed E-state index contributed by atoms with van der Waals surface area (Å²) in [6.45, 7) is 11.9. The third-order valence-electron chi connectivity index (χ3n) is 7.86. The number of urea groups is 1. The van der Waals surface area contributed by atoms with E-state index in [4.69, 9.17) is 0 Å². The first-order valence-corrected chi connectivity index (χ1v) is 11.6. The number of amides is 3. The van der Waals surface area contributed by atoms with Gasteiger partial charge >= 0.3 is 6.03 Å². The summed E-state index contributed by atoms with van der Waals surface area (Å²) in [4.78, 5) is 29.6. The van der Waals surface area contributed by atoms with Crippen molar-refractivity contribution >= 4 is 18.7 Å². The highest BCUT2D eigenvalue weighted by Crippen LogP contribution is 2.67. The molecule has 0 radical (unpaired) electrons. The quantitative estimate of drug-likeness (QED) is 0.477. The van der Waals surface area contributed by atoms with Crippen molar-refractivity contribution in [3.63, 3.8) is 0 Å². The van der Waals surface area contributed by atoms with E-state index < -0.39 is 23.1 Å². The first-order chi connectivity index (χ1) is 16.6. The van der Waals surface area contributed by atoms with Crippen molar-refractivity contribution in [2.45, 2.75) is 51.9 Å². The van der Waals surface area contributed by atoms with Gasteiger partial charge in [-0.1, -0.05) is 19.9 Å². The molecule has 1 saturated carbocycles. The summed E-state index contributed by atoms with van der Waals surface area (Å²) >= 11 is 0. The third-order valence-corrected chi connectivity index (χ3v) is 7.86. The molecule has 1 heterocycles. The molecule has 0 unspecified atom stereocenters. The van der Waals surface area contributed by atoms with E-state index in [9.17, 15) is 18.4 Å². The smallest absolute Gasteiger partial charge is 0.338 e. The number of likely N-dealkylation sites (N-methyl/N-ethyl adjacent to an activating group) is 1. The molecule has 4 rings (SSSR count). The molecule has 0 spiro atoms. The average Bonchev–Trinajstić information content (AvgIpc) is 3.19. The SMILES string of the molecule is C=NC(=O)N/C=C(\C)C(=O)N(CC)C[C@@]12CC[C@@H](c3cc(-c4c(F)cccc4F)nnc31)C2(C)C. The van der Waals surface area contributed by atoms with E-state index in [1.807, 2.05) is 6.92 Å². The van der Waals surface area contributed by atoms with Crippen molar-refractivity contribution in [2.75, 3.05) is 13.1 Å². The zero-order valence-corrected chi connectivity index (χ0v) is 20.4. The number of benzene rings is 1. The molecule has 2 aromatic rings. The molecule has 35 heavy (non-hydrogen) atoms. The number of hydrogen-bond donors (Lipinski definition) is 1. The number of aliphatic imine (C=N–C) groups is 1. The number of nitrogens with one attached hydrogen (secondary N) is 1. The van der Waals surface area contributed by atoms with Gasteiger partial charge in [-0.05, 0) is 68.5 Å². The van der Waals surface area contributed by atoms with Gasteiger partial charge in [-0.3, -0.25) is 4.79 Å². The second-order valence-electron chi connectivity index (χ2n) is 9.78. The lowest BCUT2D eigenvalue weighted by atomic mass is 9.68. The van der Waals surface area contributed by atoms with Gasteiger partial charge in [0, 0.05) is 30.3 Å². The lowest BCUT2D eigenvalue weighted by molar-refractivity contribution is -0.128. The zero-order valence-electron chi connectivity index (χ0n) is 20.4. The van der Waals surface area contributed by atoms with Crippen molar-refractivity contribution in [3.05, 3.63) is 58.9 Å². The van der Waals surface area contributed by atoms with Crippen molar-refractivity contribution in [1.82, 2.24) is 20.4 Å². The number of hydrogen-bond acceptors (Lipinski definition) is 4. The second-order valence-corrected chi connectivity index (χ2v) is 9.78. The Balaban J connectivity index is 1.71. The number of aromatic nitrogens is 2. The molecule has 1 fully saturated rings. The van der Waals surface area contributed by atoms with Gasteiger partial charge < -0.3 is 10.2 Å². The molecule has 2 aliphatic carbocycles. The van der Waals surface area contributed by atoms with E-state index in [-0.39, 0.29) is 28.5 Å². The van der Waals surface area contributed by atoms with Crippen LogP contribution in [-0.4, -0.2) is 46.8 Å². The number of halogens is 2. The summed E-state index contributed by atoms with van der Waals surface area (Å²) in [5, 5.41) is 11.2. The first kappa shape index (κ1) is 24.6. The Morgan fingerprint density at radius 3 is 2.60 bits per heavy atom. The highest BCUT2D eigenvalue weighted by Gasteiger charge is 2.64. The van der Waals surface area contributed by atoms with Crippen LogP contribution in [0.3, 0.4) is 0 Å². The lowest BCUT2D eigenvalue weighted by Gasteiger charge is -2.41. The number of rotatable bonds is 6. The Morgan fingerprint density at radius 1 is 1.29 bits per heavy atom. The maximum atomic E-state index is 14.4. The van der Waals surface area contributed by atoms with Crippen LogP contribution in [0.5, 0.6) is 0 Å². The number of fused-ring (bicyclic) bond motifs is 5. The van der Waals surface area contributed by atoms with Crippen LogP contribution in [0.2, 0.25) is 0 Å². The number of carbonyl (C=O) groups excluding carboxylic acids is 2. The van der Waals surface area contributed by atoms with Crippen LogP contribution < -0.4 is 5.32 Å². The standard InChI is InChI=1S/C26H29F2N5O2/c1-6-33(23(34)15(2)13-30-24(35)29-5)14-26-11-10-17(25(26,3)4)16-12-20(31-32-22(16)26)21-18(27)8-7-9-19(21)28/h7-9,12-13,17H,5-6,10-11,14H2,1-4H3,(H,30,35)/b15-13+/t17-,26-/m0/s1. The van der Waals surface area contributed by atoms with E-state index >= 15 is 0 Å². The van der Waals surface area contributed by atoms with Crippen molar-refractivity contribution < 1.29 is 18.4 Å². The molecule has 9 heteroatoms. The normalized spacial score (nSPS) is 22.0. The fourth-order valence-corrected chi connectivity index (χ4v) is 5.82. The second kappa shape index (κ2) is 8.94. The zero-order chi connectivity index (χ0) is 25.5. The van der Waals surface area contributed by atoms with Gasteiger partial charge in [0.05, 0.1) is 17.0 Å². The minimum Gasteiger partial charge on any atom is -0.338 e. The van der Waals surface area contributed by atoms with Crippen molar-refractivity contribution in [3.8, 4) is 11.3 Å². The van der Waals surface area contributed by atoms with Gasteiger partial charge in [0.2, 0.25) is 0 Å². The maximum Gasteiger partial charge on any atom is 0.344 e. The molecule has 2 atom stereocenters. The average molecular weight is 482 g/mol. The van der Waals surface area contributed by atoms with Crippen LogP contribution >= 0.6 is 0 Å². The Morgan fingerprint density at radius 2 is 1.97 bits per heavy atom. The summed E-state index contributed by atoms with van der Waals surface area (Å²) in [7, 11) is 0. The summed E-state index contributed by atoms with van der Waals surface area (Å²) in [6, 6.07) is 4.86. The minimum atomic E-state index is -0.680. The molecule has 0 aliphatic heterocycles. The molecule has 0 saturated heterocycles. The molecule has 7 nitrogen and oxygen atoms in total. The highest BCUT2D eigenvalue weighted by atomic mass is 19.1. The highest BCUT2D eigenvalue weighted by molar-refractivity contribution is 5.93. The molecular formula is C26H29F2N5O2. The first-order valence-electron chi connectivity index (χ1n) is 11.6. The Labute approximate surface area is 203 Å². The van der Waals surface area contributed by atoms with E-state index in [1.165, 1.54) is 24.4 Å². The van der Waals surface area contributed by atoms with E-state index in [1.54, 1.807) is 17.9 Å². The largest absolute Gasteiger partial charge is 0.344 e. The maximum absolute atomic E-state index is 14.4. The van der Waals surface area contributed by atoms with E-state index in [0.29, 0.717) is 18.7 Å². The fraction of sp³-hybridized carbons (Fsp3) is 0.423. The molecule has 184 valence electrons. The van der Waals surface area contributed by atoms with Crippen LogP contribution in [0.4, 0.5) is 13.6 Å². The molecule has 1 aromatic heterocycles. The molecule has 1 N–H and O–H groups in total. The summed E-state index contributed by atoms with van der Waals surface area (Å²) in [6.07, 6.45) is 3.04. The topological polar surface area (TPSA) is 87.5 Å². The van der Waals surface area contributed by atoms with Crippen LogP contribution in [0.25, 0.3) is 11.3 Å².